The predicted octanol–water partition coefficient (Wildman–Crippen LogP) is 4.63. The zero-order valence-corrected chi connectivity index (χ0v) is 29.6. The zero-order chi connectivity index (χ0) is 35.4. The number of aryl methyl sites for hydroxylation is 2. The maximum atomic E-state index is 14.1. The van der Waals surface area contributed by atoms with Crippen molar-refractivity contribution in [3.05, 3.63) is 58.7 Å². The smallest absolute Gasteiger partial charge is 0.410 e. The van der Waals surface area contributed by atoms with Crippen molar-refractivity contribution in [2.45, 2.75) is 95.9 Å². The first kappa shape index (κ1) is 35.5. The summed E-state index contributed by atoms with van der Waals surface area (Å²) < 4.78 is 11.2. The number of aromatic hydroxyl groups is 1. The van der Waals surface area contributed by atoms with Crippen LogP contribution in [0.4, 0.5) is 15.3 Å². The van der Waals surface area contributed by atoms with Gasteiger partial charge in [-0.3, -0.25) is 14.5 Å². The number of amides is 4. The van der Waals surface area contributed by atoms with Gasteiger partial charge in [0.2, 0.25) is 0 Å². The number of fused-ring (bicyclic) bond motifs is 1. The number of nitrogens with one attached hydrogen (secondary N) is 1. The quantitative estimate of drug-likeness (QED) is 0.403. The van der Waals surface area contributed by atoms with Crippen molar-refractivity contribution in [2.75, 3.05) is 51.7 Å². The van der Waals surface area contributed by atoms with Crippen LogP contribution in [0, 0.1) is 13.8 Å². The second-order valence-corrected chi connectivity index (χ2v) is 14.2. The number of carbonyl (C=O) groups is 4. The van der Waals surface area contributed by atoms with E-state index in [0.29, 0.717) is 56.7 Å². The first-order valence-corrected chi connectivity index (χ1v) is 18.2. The van der Waals surface area contributed by atoms with E-state index >= 15 is 0 Å². The van der Waals surface area contributed by atoms with Gasteiger partial charge in [-0.25, -0.2) is 9.59 Å². The van der Waals surface area contributed by atoms with E-state index < -0.39 is 12.2 Å². The number of phenolic OH excluding ortho intramolecular Hbond substituents is 1. The van der Waals surface area contributed by atoms with Gasteiger partial charge in [0, 0.05) is 56.9 Å². The molecule has 2 aromatic carbocycles. The summed E-state index contributed by atoms with van der Waals surface area (Å²) in [7, 11) is 1.44. The highest BCUT2D eigenvalue weighted by molar-refractivity contribution is 5.91. The lowest BCUT2D eigenvalue weighted by atomic mass is 9.94. The van der Waals surface area contributed by atoms with E-state index in [2.05, 4.69) is 10.2 Å². The van der Waals surface area contributed by atoms with Crippen molar-refractivity contribution in [1.29, 1.82) is 0 Å². The van der Waals surface area contributed by atoms with Crippen LogP contribution in [-0.4, -0.2) is 119 Å². The van der Waals surface area contributed by atoms with E-state index in [1.54, 1.807) is 9.80 Å². The Morgan fingerprint density at radius 1 is 0.880 bits per heavy atom. The van der Waals surface area contributed by atoms with Crippen molar-refractivity contribution in [1.82, 2.24) is 19.6 Å². The fourth-order valence-electron chi connectivity index (χ4n) is 8.25. The summed E-state index contributed by atoms with van der Waals surface area (Å²) in [5.41, 5.74) is 4.16. The molecular weight excluding hydrogens is 638 g/mol. The molecule has 0 aliphatic carbocycles. The number of urea groups is 1. The monoisotopic (exact) mass is 689 g/mol. The molecule has 0 unspecified atom stereocenters. The third-order valence-electron chi connectivity index (χ3n) is 11.1. The number of methoxy groups -OCH3 is 1. The molecule has 2 atom stereocenters. The van der Waals surface area contributed by atoms with Crippen LogP contribution in [0.5, 0.6) is 5.75 Å². The molecule has 270 valence electrons. The SMILES string of the molecule is COC(=O)[C@H]1CCCCN1C1CCN(C(=O)[C@@H](Cc2cc(C)c(O)c(C)c2)OC(=O)N2CCC(N3CCc4ccccc4NC3=O)CC2)CC1. The lowest BCUT2D eigenvalue weighted by Crippen LogP contribution is -2.55. The number of hydrogen-bond acceptors (Lipinski definition) is 8. The van der Waals surface area contributed by atoms with Gasteiger partial charge < -0.3 is 34.6 Å². The number of hydrogen-bond donors (Lipinski definition) is 2. The van der Waals surface area contributed by atoms with Gasteiger partial charge in [0.15, 0.2) is 6.10 Å². The van der Waals surface area contributed by atoms with E-state index in [9.17, 15) is 24.3 Å². The molecule has 4 heterocycles. The molecule has 4 aliphatic heterocycles. The summed E-state index contributed by atoms with van der Waals surface area (Å²) in [4.78, 5) is 61.0. The molecule has 4 aliphatic rings. The molecule has 4 amide bonds. The topological polar surface area (TPSA) is 132 Å². The van der Waals surface area contributed by atoms with Crippen LogP contribution in [0.2, 0.25) is 0 Å². The second-order valence-electron chi connectivity index (χ2n) is 14.2. The van der Waals surface area contributed by atoms with Crippen molar-refractivity contribution < 1.29 is 33.8 Å². The normalized spacial score (nSPS) is 21.5. The highest BCUT2D eigenvalue weighted by Gasteiger charge is 2.39. The van der Waals surface area contributed by atoms with Gasteiger partial charge in [0.05, 0.1) is 7.11 Å². The van der Waals surface area contributed by atoms with Crippen LogP contribution >= 0.6 is 0 Å². The summed E-state index contributed by atoms with van der Waals surface area (Å²) in [6, 6.07) is 11.3. The van der Waals surface area contributed by atoms with Gasteiger partial charge in [-0.05, 0) is 93.7 Å². The molecular formula is C38H51N5O7. The van der Waals surface area contributed by atoms with Crippen LogP contribution in [-0.2, 0) is 31.9 Å². The Kier molecular flexibility index (Phi) is 11.2. The minimum Gasteiger partial charge on any atom is -0.507 e. The van der Waals surface area contributed by atoms with Crippen LogP contribution in [0.15, 0.2) is 36.4 Å². The van der Waals surface area contributed by atoms with Gasteiger partial charge in [0.1, 0.15) is 11.8 Å². The molecule has 6 rings (SSSR count). The van der Waals surface area contributed by atoms with Gasteiger partial charge in [-0.1, -0.05) is 36.8 Å². The van der Waals surface area contributed by atoms with Gasteiger partial charge in [-0.2, -0.15) is 0 Å². The van der Waals surface area contributed by atoms with E-state index in [-0.39, 0.29) is 48.2 Å². The highest BCUT2D eigenvalue weighted by Crippen LogP contribution is 2.29. The third kappa shape index (κ3) is 7.85. The number of esters is 1. The minimum absolute atomic E-state index is 0.00582. The fourth-order valence-corrected chi connectivity index (χ4v) is 8.25. The molecule has 0 aromatic heterocycles. The van der Waals surface area contributed by atoms with Crippen molar-refractivity contribution in [2.24, 2.45) is 0 Å². The second kappa shape index (κ2) is 15.7. The van der Waals surface area contributed by atoms with E-state index in [1.165, 1.54) is 7.11 Å². The van der Waals surface area contributed by atoms with Gasteiger partial charge in [0.25, 0.3) is 5.91 Å². The van der Waals surface area contributed by atoms with Crippen LogP contribution in [0.3, 0.4) is 0 Å². The predicted molar refractivity (Wildman–Crippen MR) is 188 cm³/mol. The van der Waals surface area contributed by atoms with Crippen LogP contribution < -0.4 is 5.32 Å². The summed E-state index contributed by atoms with van der Waals surface area (Å²) in [5.74, 6) is -0.221. The summed E-state index contributed by atoms with van der Waals surface area (Å²) in [6.45, 7) is 6.92. The van der Waals surface area contributed by atoms with Crippen molar-refractivity contribution >= 4 is 29.7 Å². The van der Waals surface area contributed by atoms with E-state index in [0.717, 1.165) is 61.9 Å². The molecule has 3 saturated heterocycles. The number of benzene rings is 2. The Balaban J connectivity index is 1.09. The molecule has 0 bridgehead atoms. The molecule has 0 radical (unpaired) electrons. The molecule has 2 N–H and O–H groups in total. The summed E-state index contributed by atoms with van der Waals surface area (Å²) in [6.07, 6.45) is 4.87. The van der Waals surface area contributed by atoms with Gasteiger partial charge >= 0.3 is 18.1 Å². The van der Waals surface area contributed by atoms with Crippen molar-refractivity contribution in [3.63, 3.8) is 0 Å². The van der Waals surface area contributed by atoms with E-state index in [4.69, 9.17) is 9.47 Å². The average Bonchev–Trinajstić information content (AvgIpc) is 3.31. The zero-order valence-electron chi connectivity index (χ0n) is 29.6. The first-order valence-electron chi connectivity index (χ1n) is 18.2. The number of likely N-dealkylation sites (tertiary alicyclic amines) is 3. The Labute approximate surface area is 294 Å². The summed E-state index contributed by atoms with van der Waals surface area (Å²) in [5, 5.41) is 13.4. The Morgan fingerprint density at radius 2 is 1.54 bits per heavy atom. The summed E-state index contributed by atoms with van der Waals surface area (Å²) >= 11 is 0. The lowest BCUT2D eigenvalue weighted by molar-refractivity contribution is -0.151. The largest absolute Gasteiger partial charge is 0.507 e. The molecule has 0 saturated carbocycles. The van der Waals surface area contributed by atoms with E-state index in [1.807, 2.05) is 55.1 Å². The molecule has 2 aromatic rings. The Bertz CT molecular complexity index is 1540. The van der Waals surface area contributed by atoms with Crippen molar-refractivity contribution in [3.8, 4) is 5.75 Å². The minimum atomic E-state index is -1.03. The molecule has 50 heavy (non-hydrogen) atoms. The Hall–Kier alpha value is -4.32. The maximum Gasteiger partial charge on any atom is 0.410 e. The number of para-hydroxylation sites is 1. The van der Waals surface area contributed by atoms with Gasteiger partial charge in [-0.15, -0.1) is 0 Å². The highest BCUT2D eigenvalue weighted by atomic mass is 16.6. The molecule has 12 nitrogen and oxygen atoms in total. The molecule has 3 fully saturated rings. The standard InChI is InChI=1S/C38H51N5O7/c1-25-22-27(23-26(2)34(25)44)24-33(35(45)40-17-12-29(13-18-40)42-16-7-6-10-32(42)36(46)49-3)50-38(48)41-19-14-30(15-20-41)43-21-11-28-8-4-5-9-31(28)39-37(43)47/h4-5,8-9,22-23,29-30,32-33,44H,6-7,10-21,24H2,1-3H3,(H,39,47)/t32-,33-/m1/s1. The number of rotatable bonds is 7. The maximum absolute atomic E-state index is 14.1. The first-order chi connectivity index (χ1) is 24.1. The fraction of sp³-hybridized carbons (Fsp3) is 0.579. The number of ether oxygens (including phenoxy) is 2. The number of carbonyl (C=O) groups excluding carboxylic acids is 4. The Morgan fingerprint density at radius 3 is 2.24 bits per heavy atom. The molecule has 12 heteroatoms. The number of anilines is 1. The third-order valence-corrected chi connectivity index (χ3v) is 11.1. The molecule has 0 spiro atoms. The lowest BCUT2D eigenvalue weighted by Gasteiger charge is -2.44. The number of nitrogens with zero attached hydrogens (tertiary/aromatic N) is 4. The van der Waals surface area contributed by atoms with Crippen LogP contribution in [0.25, 0.3) is 0 Å². The number of phenols is 1. The average molecular weight is 690 g/mol. The van der Waals surface area contributed by atoms with Crippen LogP contribution in [0.1, 0.15) is 67.2 Å². The number of piperidine rings is 3.